The van der Waals surface area contributed by atoms with Crippen molar-refractivity contribution in [3.05, 3.63) is 23.0 Å². The first kappa shape index (κ1) is 15.4. The second kappa shape index (κ2) is 6.64. The Labute approximate surface area is 125 Å². The molecule has 1 aliphatic heterocycles. The van der Waals surface area contributed by atoms with Crippen LogP contribution in [0.15, 0.2) is 12.3 Å². The zero-order valence-electron chi connectivity index (χ0n) is 12.2. The zero-order valence-corrected chi connectivity index (χ0v) is 12.9. The Balaban J connectivity index is 2.18. The molecule has 0 aliphatic carbocycles. The summed E-state index contributed by atoms with van der Waals surface area (Å²) in [6.45, 7) is 5.07. The van der Waals surface area contributed by atoms with Gasteiger partial charge in [-0.15, -0.1) is 0 Å². The first-order chi connectivity index (χ1) is 9.54. The third kappa shape index (κ3) is 3.18. The largest absolute Gasteiger partial charge is 0.396 e. The number of rotatable bonds is 5. The standard InChI is InChI=1S/C15H23ClN2O2/c1-11(2)18-10-12(16)9-14(18)15(20)17-7-3-5-13(17)6-4-8-19/h9-11,13,19H,3-8H2,1-2H3. The first-order valence-electron chi connectivity index (χ1n) is 7.33. The lowest BCUT2D eigenvalue weighted by molar-refractivity contribution is 0.0712. The topological polar surface area (TPSA) is 45.5 Å². The molecule has 1 aromatic heterocycles. The number of amides is 1. The van der Waals surface area contributed by atoms with Crippen LogP contribution in [0.25, 0.3) is 0 Å². The van der Waals surface area contributed by atoms with Gasteiger partial charge in [-0.2, -0.15) is 0 Å². The summed E-state index contributed by atoms with van der Waals surface area (Å²) in [5.74, 6) is 0.0611. The van der Waals surface area contributed by atoms with Crippen LogP contribution in [-0.4, -0.2) is 39.7 Å². The van der Waals surface area contributed by atoms with Gasteiger partial charge in [0.1, 0.15) is 5.69 Å². The number of carbonyl (C=O) groups excluding carboxylic acids is 1. The van der Waals surface area contributed by atoms with Gasteiger partial charge in [-0.25, -0.2) is 0 Å². The van der Waals surface area contributed by atoms with E-state index in [4.69, 9.17) is 16.7 Å². The van der Waals surface area contributed by atoms with Gasteiger partial charge in [0, 0.05) is 31.4 Å². The molecular formula is C15H23ClN2O2. The van der Waals surface area contributed by atoms with Gasteiger partial charge in [-0.05, 0) is 45.6 Å². The molecule has 1 N–H and O–H groups in total. The number of halogens is 1. The van der Waals surface area contributed by atoms with Crippen molar-refractivity contribution >= 4 is 17.5 Å². The van der Waals surface area contributed by atoms with E-state index in [1.165, 1.54) is 0 Å². The summed E-state index contributed by atoms with van der Waals surface area (Å²) in [6, 6.07) is 2.22. The molecule has 1 unspecified atom stereocenters. The molecule has 1 aliphatic rings. The number of aliphatic hydroxyl groups excluding tert-OH is 1. The highest BCUT2D eigenvalue weighted by Crippen LogP contribution is 2.26. The van der Waals surface area contributed by atoms with Crippen molar-refractivity contribution in [2.75, 3.05) is 13.2 Å². The van der Waals surface area contributed by atoms with Crippen molar-refractivity contribution in [1.82, 2.24) is 9.47 Å². The molecule has 0 saturated carbocycles. The molecule has 20 heavy (non-hydrogen) atoms. The Bertz CT molecular complexity index is 470. The second-order valence-electron chi connectivity index (χ2n) is 5.71. The molecule has 1 aromatic rings. The van der Waals surface area contributed by atoms with Gasteiger partial charge in [-0.3, -0.25) is 4.79 Å². The fourth-order valence-corrected chi connectivity index (χ4v) is 3.13. The Morgan fingerprint density at radius 2 is 2.30 bits per heavy atom. The van der Waals surface area contributed by atoms with Gasteiger partial charge in [0.2, 0.25) is 0 Å². The molecule has 0 radical (unpaired) electrons. The summed E-state index contributed by atoms with van der Waals surface area (Å²) < 4.78 is 1.94. The van der Waals surface area contributed by atoms with Crippen LogP contribution < -0.4 is 0 Å². The lowest BCUT2D eigenvalue weighted by Gasteiger charge is -2.25. The Morgan fingerprint density at radius 3 is 2.95 bits per heavy atom. The number of hydrogen-bond acceptors (Lipinski definition) is 2. The molecule has 0 bridgehead atoms. The number of aliphatic hydroxyl groups is 1. The highest BCUT2D eigenvalue weighted by atomic mass is 35.5. The van der Waals surface area contributed by atoms with Crippen LogP contribution in [0, 0.1) is 0 Å². The van der Waals surface area contributed by atoms with Gasteiger partial charge in [0.25, 0.3) is 5.91 Å². The monoisotopic (exact) mass is 298 g/mol. The molecule has 0 spiro atoms. The van der Waals surface area contributed by atoms with Crippen molar-refractivity contribution in [3.8, 4) is 0 Å². The average molecular weight is 299 g/mol. The maximum absolute atomic E-state index is 12.7. The zero-order chi connectivity index (χ0) is 14.7. The minimum Gasteiger partial charge on any atom is -0.396 e. The molecule has 1 atom stereocenters. The molecule has 1 saturated heterocycles. The van der Waals surface area contributed by atoms with E-state index in [9.17, 15) is 4.79 Å². The van der Waals surface area contributed by atoms with Gasteiger partial charge in [0.05, 0.1) is 5.02 Å². The number of aromatic nitrogens is 1. The average Bonchev–Trinajstić information content (AvgIpc) is 3.01. The van der Waals surface area contributed by atoms with Crippen molar-refractivity contribution in [1.29, 1.82) is 0 Å². The van der Waals surface area contributed by atoms with Crippen LogP contribution in [0.4, 0.5) is 0 Å². The van der Waals surface area contributed by atoms with E-state index in [0.717, 1.165) is 32.2 Å². The number of carbonyl (C=O) groups is 1. The Kier molecular flexibility index (Phi) is 5.11. The predicted molar refractivity (Wildman–Crippen MR) is 80.2 cm³/mol. The van der Waals surface area contributed by atoms with Gasteiger partial charge >= 0.3 is 0 Å². The summed E-state index contributed by atoms with van der Waals surface area (Å²) in [5.41, 5.74) is 0.667. The van der Waals surface area contributed by atoms with Crippen molar-refractivity contribution < 1.29 is 9.90 Å². The fourth-order valence-electron chi connectivity index (χ4n) is 2.92. The molecule has 1 amide bonds. The molecule has 2 heterocycles. The highest BCUT2D eigenvalue weighted by Gasteiger charge is 2.30. The number of hydrogen-bond donors (Lipinski definition) is 1. The lowest BCUT2D eigenvalue weighted by atomic mass is 10.1. The normalized spacial score (nSPS) is 19.1. The molecular weight excluding hydrogens is 276 g/mol. The molecule has 0 aromatic carbocycles. The highest BCUT2D eigenvalue weighted by molar-refractivity contribution is 6.31. The number of likely N-dealkylation sites (tertiary alicyclic amines) is 1. The van der Waals surface area contributed by atoms with E-state index in [1.54, 1.807) is 6.07 Å². The molecule has 5 heteroatoms. The fraction of sp³-hybridized carbons (Fsp3) is 0.667. The van der Waals surface area contributed by atoms with E-state index < -0.39 is 0 Å². The lowest BCUT2D eigenvalue weighted by Crippen LogP contribution is -2.36. The molecule has 2 rings (SSSR count). The second-order valence-corrected chi connectivity index (χ2v) is 6.14. The molecule has 4 nitrogen and oxygen atoms in total. The van der Waals surface area contributed by atoms with E-state index in [1.807, 2.05) is 29.5 Å². The van der Waals surface area contributed by atoms with Crippen LogP contribution in [0.3, 0.4) is 0 Å². The predicted octanol–water partition coefficient (Wildman–Crippen LogP) is 3.10. The van der Waals surface area contributed by atoms with Gasteiger partial charge in [0.15, 0.2) is 0 Å². The van der Waals surface area contributed by atoms with Crippen LogP contribution in [0.2, 0.25) is 5.02 Å². The van der Waals surface area contributed by atoms with Crippen molar-refractivity contribution in [3.63, 3.8) is 0 Å². The smallest absolute Gasteiger partial charge is 0.270 e. The SMILES string of the molecule is CC(C)n1cc(Cl)cc1C(=O)N1CCCC1CCCO. The summed E-state index contributed by atoms with van der Waals surface area (Å²) in [7, 11) is 0. The first-order valence-corrected chi connectivity index (χ1v) is 7.71. The minimum absolute atomic E-state index is 0.0611. The quantitative estimate of drug-likeness (QED) is 0.908. The van der Waals surface area contributed by atoms with E-state index >= 15 is 0 Å². The van der Waals surface area contributed by atoms with Crippen LogP contribution >= 0.6 is 11.6 Å². The molecule has 1 fully saturated rings. The summed E-state index contributed by atoms with van der Waals surface area (Å²) in [5, 5.41) is 9.57. The maximum atomic E-state index is 12.7. The van der Waals surface area contributed by atoms with Crippen molar-refractivity contribution in [2.45, 2.75) is 51.6 Å². The van der Waals surface area contributed by atoms with E-state index in [0.29, 0.717) is 10.7 Å². The Hall–Kier alpha value is -1.00. The van der Waals surface area contributed by atoms with Gasteiger partial charge < -0.3 is 14.6 Å². The van der Waals surface area contributed by atoms with Crippen LogP contribution in [0.5, 0.6) is 0 Å². The summed E-state index contributed by atoms with van der Waals surface area (Å²) >= 11 is 6.06. The molecule has 112 valence electrons. The third-order valence-corrected chi connectivity index (χ3v) is 4.13. The summed E-state index contributed by atoms with van der Waals surface area (Å²) in [4.78, 5) is 14.7. The number of nitrogens with zero attached hydrogens (tertiary/aromatic N) is 2. The van der Waals surface area contributed by atoms with E-state index in [-0.39, 0.29) is 24.6 Å². The maximum Gasteiger partial charge on any atom is 0.270 e. The Morgan fingerprint density at radius 1 is 1.55 bits per heavy atom. The third-order valence-electron chi connectivity index (χ3n) is 3.92. The van der Waals surface area contributed by atoms with Crippen LogP contribution in [-0.2, 0) is 0 Å². The van der Waals surface area contributed by atoms with E-state index in [2.05, 4.69) is 0 Å². The summed E-state index contributed by atoms with van der Waals surface area (Å²) in [6.07, 6.45) is 5.51. The minimum atomic E-state index is 0.0611. The van der Waals surface area contributed by atoms with Crippen LogP contribution in [0.1, 0.15) is 56.1 Å². The van der Waals surface area contributed by atoms with Gasteiger partial charge in [-0.1, -0.05) is 11.6 Å². The van der Waals surface area contributed by atoms with Crippen molar-refractivity contribution in [2.24, 2.45) is 0 Å².